The molecule has 0 bridgehead atoms. The Morgan fingerprint density at radius 3 is 2.06 bits per heavy atom. The zero-order valence-corrected chi connectivity index (χ0v) is 18.3. The summed E-state index contributed by atoms with van der Waals surface area (Å²) in [7, 11) is 1.87. The molecule has 0 fully saturated rings. The second kappa shape index (κ2) is 8.22. The quantitative estimate of drug-likeness (QED) is 0.499. The molecule has 0 atom stereocenters. The number of benzene rings is 2. The van der Waals surface area contributed by atoms with Gasteiger partial charge in [0.1, 0.15) is 11.5 Å². The highest BCUT2D eigenvalue weighted by Gasteiger charge is 2.24. The normalized spacial score (nSPS) is 11.1. The predicted octanol–water partition coefficient (Wildman–Crippen LogP) is 3.82. The summed E-state index contributed by atoms with van der Waals surface area (Å²) in [6.45, 7) is 5.88. The van der Waals surface area contributed by atoms with Crippen LogP contribution >= 0.6 is 0 Å². The van der Waals surface area contributed by atoms with E-state index in [0.29, 0.717) is 29.9 Å². The Morgan fingerprint density at radius 1 is 0.871 bits per heavy atom. The molecule has 0 aliphatic carbocycles. The predicted molar refractivity (Wildman–Crippen MR) is 123 cm³/mol. The average molecular weight is 415 g/mol. The molecule has 0 N–H and O–H groups in total. The minimum atomic E-state index is -0.256. The van der Waals surface area contributed by atoms with Crippen molar-refractivity contribution in [1.82, 2.24) is 18.9 Å². The highest BCUT2D eigenvalue weighted by molar-refractivity contribution is 5.66. The van der Waals surface area contributed by atoms with Crippen LogP contribution in [-0.2, 0) is 19.9 Å². The lowest BCUT2D eigenvalue weighted by Gasteiger charge is -2.19. The molecule has 31 heavy (non-hydrogen) atoms. The van der Waals surface area contributed by atoms with Crippen molar-refractivity contribution in [3.8, 4) is 22.5 Å². The van der Waals surface area contributed by atoms with Crippen molar-refractivity contribution in [2.45, 2.75) is 33.6 Å². The van der Waals surface area contributed by atoms with Gasteiger partial charge in [0.05, 0.1) is 16.9 Å². The molecule has 158 valence electrons. The third-order valence-corrected chi connectivity index (χ3v) is 5.72. The Labute approximate surface area is 181 Å². The molecule has 2 aromatic carbocycles. The first-order valence-electron chi connectivity index (χ1n) is 10.5. The van der Waals surface area contributed by atoms with Crippen molar-refractivity contribution < 1.29 is 0 Å². The zero-order chi connectivity index (χ0) is 22.1. The molecule has 0 aliphatic rings. The molecule has 6 heteroatoms. The smallest absolute Gasteiger partial charge is 0.295 e. The van der Waals surface area contributed by atoms with E-state index in [-0.39, 0.29) is 11.1 Å². The summed E-state index contributed by atoms with van der Waals surface area (Å²) in [6, 6.07) is 19.1. The fourth-order valence-electron chi connectivity index (χ4n) is 4.16. The van der Waals surface area contributed by atoms with Crippen LogP contribution in [0.25, 0.3) is 22.5 Å². The number of hydrogen-bond donors (Lipinski definition) is 0. The molecule has 2 heterocycles. The SMILES string of the molecule is CCc1nc(=O)c(-c2ccccc2)c(CC)n1-c1c(C)n(C)n(-c2ccccc2)c1=O. The van der Waals surface area contributed by atoms with Crippen molar-refractivity contribution in [3.63, 3.8) is 0 Å². The van der Waals surface area contributed by atoms with E-state index in [1.54, 1.807) is 4.68 Å². The number of para-hydroxylation sites is 1. The van der Waals surface area contributed by atoms with E-state index < -0.39 is 0 Å². The first-order valence-corrected chi connectivity index (χ1v) is 10.5. The van der Waals surface area contributed by atoms with Gasteiger partial charge in [-0.15, -0.1) is 0 Å². The van der Waals surface area contributed by atoms with Crippen molar-refractivity contribution >= 4 is 0 Å². The minimum Gasteiger partial charge on any atom is -0.295 e. The third kappa shape index (κ3) is 3.34. The van der Waals surface area contributed by atoms with E-state index in [0.717, 1.165) is 22.6 Å². The van der Waals surface area contributed by atoms with Gasteiger partial charge in [0.25, 0.3) is 11.1 Å². The molecule has 0 unspecified atom stereocenters. The molecule has 6 nitrogen and oxygen atoms in total. The highest BCUT2D eigenvalue weighted by Crippen LogP contribution is 2.25. The van der Waals surface area contributed by atoms with Crippen LogP contribution in [0.4, 0.5) is 0 Å². The summed E-state index contributed by atoms with van der Waals surface area (Å²) in [5, 5.41) is 0. The lowest BCUT2D eigenvalue weighted by molar-refractivity contribution is 0.630. The summed E-state index contributed by atoms with van der Waals surface area (Å²) in [4.78, 5) is 31.1. The second-order valence-electron chi connectivity index (χ2n) is 7.47. The van der Waals surface area contributed by atoms with E-state index in [1.807, 2.05) is 97.7 Å². The maximum Gasteiger partial charge on any atom is 0.295 e. The number of hydrogen-bond acceptors (Lipinski definition) is 3. The van der Waals surface area contributed by atoms with Gasteiger partial charge in [-0.25, -0.2) is 4.68 Å². The fourth-order valence-corrected chi connectivity index (χ4v) is 4.16. The summed E-state index contributed by atoms with van der Waals surface area (Å²) in [6.07, 6.45) is 1.13. The maximum atomic E-state index is 13.7. The molecule has 4 aromatic rings. The van der Waals surface area contributed by atoms with E-state index >= 15 is 0 Å². The Morgan fingerprint density at radius 2 is 1.48 bits per heavy atom. The van der Waals surface area contributed by atoms with Crippen molar-refractivity contribution in [1.29, 1.82) is 0 Å². The largest absolute Gasteiger partial charge is 0.295 e. The first-order chi connectivity index (χ1) is 15.0. The Balaban J connectivity index is 2.11. The molecular formula is C25H26N4O2. The number of aryl methyl sites for hydroxylation is 1. The molecule has 2 aromatic heterocycles. The van der Waals surface area contributed by atoms with E-state index in [1.165, 1.54) is 0 Å². The number of aromatic nitrogens is 4. The summed E-state index contributed by atoms with van der Waals surface area (Å²) >= 11 is 0. The Bertz CT molecular complexity index is 1350. The summed E-state index contributed by atoms with van der Waals surface area (Å²) in [5.74, 6) is 0.590. The van der Waals surface area contributed by atoms with Gasteiger partial charge >= 0.3 is 0 Å². The highest BCUT2D eigenvalue weighted by atomic mass is 16.1. The zero-order valence-electron chi connectivity index (χ0n) is 18.3. The molecule has 0 aliphatic heterocycles. The van der Waals surface area contributed by atoms with Crippen LogP contribution in [0.2, 0.25) is 0 Å². The molecule has 0 amide bonds. The first kappa shape index (κ1) is 20.6. The molecule has 0 spiro atoms. The van der Waals surface area contributed by atoms with Crippen molar-refractivity contribution in [2.24, 2.45) is 7.05 Å². The second-order valence-corrected chi connectivity index (χ2v) is 7.47. The topological polar surface area (TPSA) is 61.8 Å². The summed E-state index contributed by atoms with van der Waals surface area (Å²) < 4.78 is 5.41. The fraction of sp³-hybridized carbons (Fsp3) is 0.240. The maximum absolute atomic E-state index is 13.7. The molecule has 4 rings (SSSR count). The molecule has 0 saturated heterocycles. The van der Waals surface area contributed by atoms with E-state index in [4.69, 9.17) is 0 Å². The van der Waals surface area contributed by atoms with Crippen LogP contribution in [-0.4, -0.2) is 18.9 Å². The van der Waals surface area contributed by atoms with Crippen LogP contribution in [0.3, 0.4) is 0 Å². The van der Waals surface area contributed by atoms with E-state index in [2.05, 4.69) is 4.98 Å². The van der Waals surface area contributed by atoms with Crippen molar-refractivity contribution in [2.75, 3.05) is 0 Å². The molecular weight excluding hydrogens is 388 g/mol. The van der Waals surface area contributed by atoms with Gasteiger partial charge < -0.3 is 0 Å². The monoisotopic (exact) mass is 414 g/mol. The minimum absolute atomic E-state index is 0.139. The van der Waals surface area contributed by atoms with Crippen LogP contribution in [0.5, 0.6) is 0 Å². The Hall–Kier alpha value is -3.67. The summed E-state index contributed by atoms with van der Waals surface area (Å²) in [5.41, 5.74) is 3.90. The average Bonchev–Trinajstić information content (AvgIpc) is 3.02. The van der Waals surface area contributed by atoms with E-state index in [9.17, 15) is 9.59 Å². The standard InChI is InChI=1S/C25H26N4O2/c1-5-20-22(18-13-9-7-10-14-18)24(30)26-21(6-2)28(20)23-17(3)27(4)29(25(23)31)19-15-11-8-12-16-19/h7-16H,5-6H2,1-4H3. The number of nitrogens with zero attached hydrogens (tertiary/aromatic N) is 4. The van der Waals surface area contributed by atoms with Crippen LogP contribution < -0.4 is 11.1 Å². The lowest BCUT2D eigenvalue weighted by Crippen LogP contribution is -2.27. The van der Waals surface area contributed by atoms with Gasteiger partial charge in [-0.05, 0) is 31.0 Å². The number of rotatable bonds is 5. The van der Waals surface area contributed by atoms with Gasteiger partial charge in [-0.3, -0.25) is 18.8 Å². The van der Waals surface area contributed by atoms with Crippen molar-refractivity contribution in [3.05, 3.63) is 98.6 Å². The van der Waals surface area contributed by atoms with Crippen LogP contribution in [0, 0.1) is 6.92 Å². The van der Waals surface area contributed by atoms with Gasteiger partial charge in [-0.1, -0.05) is 62.4 Å². The molecule has 0 radical (unpaired) electrons. The molecule has 0 saturated carbocycles. The van der Waals surface area contributed by atoms with Gasteiger partial charge in [0.15, 0.2) is 0 Å². The van der Waals surface area contributed by atoms with Crippen LogP contribution in [0.15, 0.2) is 70.3 Å². The third-order valence-electron chi connectivity index (χ3n) is 5.72. The lowest BCUT2D eigenvalue weighted by atomic mass is 10.0. The van der Waals surface area contributed by atoms with Crippen LogP contribution in [0.1, 0.15) is 31.1 Å². The van der Waals surface area contributed by atoms with Gasteiger partial charge in [0.2, 0.25) is 0 Å². The van der Waals surface area contributed by atoms with Gasteiger partial charge in [0, 0.05) is 19.2 Å². The van der Waals surface area contributed by atoms with Gasteiger partial charge in [-0.2, -0.15) is 4.98 Å². The Kier molecular flexibility index (Phi) is 5.46.